The number of carbonyl (C=O) groups is 1. The first-order chi connectivity index (χ1) is 13.7. The Hall–Kier alpha value is -2.42. The van der Waals surface area contributed by atoms with Crippen LogP contribution >= 0.6 is 0 Å². The van der Waals surface area contributed by atoms with Crippen LogP contribution in [0.5, 0.6) is 5.75 Å². The van der Waals surface area contributed by atoms with E-state index >= 15 is 0 Å². The molecule has 0 N–H and O–H groups in total. The Labute approximate surface area is 171 Å². The summed E-state index contributed by atoms with van der Waals surface area (Å²) in [6.45, 7) is 5.22. The summed E-state index contributed by atoms with van der Waals surface area (Å²) in [5.41, 5.74) is 0.832. The summed E-state index contributed by atoms with van der Waals surface area (Å²) >= 11 is 0. The summed E-state index contributed by atoms with van der Waals surface area (Å²) in [4.78, 5) is 18.7. The van der Waals surface area contributed by atoms with Gasteiger partial charge in [-0.05, 0) is 30.5 Å². The molecule has 0 aliphatic carbocycles. The Morgan fingerprint density at radius 3 is 2.59 bits per heavy atom. The minimum atomic E-state index is -3.36. The average molecular weight is 422 g/mol. The van der Waals surface area contributed by atoms with Gasteiger partial charge in [0.25, 0.3) is 0 Å². The predicted molar refractivity (Wildman–Crippen MR) is 107 cm³/mol. The first-order valence-electron chi connectivity index (χ1n) is 9.67. The lowest BCUT2D eigenvalue weighted by molar-refractivity contribution is -0.135. The van der Waals surface area contributed by atoms with Gasteiger partial charge in [0.05, 0.1) is 7.11 Å². The van der Waals surface area contributed by atoms with E-state index in [0.717, 1.165) is 24.7 Å². The molecule has 1 aromatic carbocycles. The van der Waals surface area contributed by atoms with E-state index in [1.165, 1.54) is 13.2 Å². The Morgan fingerprint density at radius 2 is 2.00 bits per heavy atom. The molecule has 8 nitrogen and oxygen atoms in total. The summed E-state index contributed by atoms with van der Waals surface area (Å²) in [5.74, 6) is 1.77. The van der Waals surface area contributed by atoms with Crippen LogP contribution < -0.4 is 4.74 Å². The third-order valence-electron chi connectivity index (χ3n) is 5.12. The molecule has 1 aromatic heterocycles. The fourth-order valence-electron chi connectivity index (χ4n) is 3.53. The minimum absolute atomic E-state index is 0.00707. The Kier molecular flexibility index (Phi) is 6.26. The van der Waals surface area contributed by atoms with E-state index in [0.29, 0.717) is 37.0 Å². The number of hydrogen-bond acceptors (Lipinski definition) is 7. The summed E-state index contributed by atoms with van der Waals surface area (Å²) in [6, 6.07) is 4.94. The lowest BCUT2D eigenvalue weighted by Gasteiger charge is -2.31. The topological polar surface area (TPSA) is 103 Å². The number of amides is 1. The van der Waals surface area contributed by atoms with Crippen molar-refractivity contribution in [2.24, 2.45) is 5.92 Å². The molecule has 1 aliphatic heterocycles. The fraction of sp³-hybridized carbons (Fsp3) is 0.550. The standard InChI is InChI=1S/C20H27N3O5S/c1-13(2)20(24)23-9-7-15(8-10-23)19-21-18(22-28-19)12-14-5-6-17(29(4,25)26)16(11-14)27-3/h5-6,11,13,15H,7-10,12H2,1-4H3. The van der Waals surface area contributed by atoms with Gasteiger partial charge in [-0.1, -0.05) is 25.1 Å². The number of aromatic nitrogens is 2. The summed E-state index contributed by atoms with van der Waals surface area (Å²) < 4.78 is 34.3. The molecule has 1 aliphatic rings. The first-order valence-corrected chi connectivity index (χ1v) is 11.6. The Morgan fingerprint density at radius 1 is 1.31 bits per heavy atom. The van der Waals surface area contributed by atoms with E-state index in [4.69, 9.17) is 9.26 Å². The smallest absolute Gasteiger partial charge is 0.229 e. The zero-order chi connectivity index (χ0) is 21.2. The molecule has 1 fully saturated rings. The molecule has 1 amide bonds. The van der Waals surface area contributed by atoms with E-state index in [1.54, 1.807) is 12.1 Å². The van der Waals surface area contributed by atoms with Gasteiger partial charge in [-0.15, -0.1) is 0 Å². The molecule has 2 heterocycles. The number of sulfone groups is 1. The van der Waals surface area contributed by atoms with Crippen LogP contribution in [0.25, 0.3) is 0 Å². The minimum Gasteiger partial charge on any atom is -0.495 e. The zero-order valence-corrected chi connectivity index (χ0v) is 18.0. The molecule has 29 heavy (non-hydrogen) atoms. The highest BCUT2D eigenvalue weighted by molar-refractivity contribution is 7.90. The van der Waals surface area contributed by atoms with Gasteiger partial charge in [0.1, 0.15) is 10.6 Å². The zero-order valence-electron chi connectivity index (χ0n) is 17.2. The van der Waals surface area contributed by atoms with E-state index < -0.39 is 9.84 Å². The van der Waals surface area contributed by atoms with Gasteiger partial charge < -0.3 is 14.2 Å². The van der Waals surface area contributed by atoms with Crippen molar-refractivity contribution in [2.45, 2.75) is 43.9 Å². The fourth-order valence-corrected chi connectivity index (χ4v) is 4.35. The molecule has 0 atom stereocenters. The maximum Gasteiger partial charge on any atom is 0.229 e. The molecule has 1 saturated heterocycles. The van der Waals surface area contributed by atoms with Gasteiger partial charge in [-0.3, -0.25) is 4.79 Å². The third kappa shape index (κ3) is 4.95. The summed E-state index contributed by atoms with van der Waals surface area (Å²) in [6.07, 6.45) is 3.17. The van der Waals surface area contributed by atoms with Crippen LogP contribution in [0.2, 0.25) is 0 Å². The maximum atomic E-state index is 12.1. The van der Waals surface area contributed by atoms with Crippen LogP contribution in [0.15, 0.2) is 27.6 Å². The molecule has 158 valence electrons. The van der Waals surface area contributed by atoms with Crippen molar-refractivity contribution in [2.75, 3.05) is 26.5 Å². The highest BCUT2D eigenvalue weighted by atomic mass is 32.2. The van der Waals surface area contributed by atoms with Crippen LogP contribution in [-0.2, 0) is 21.1 Å². The van der Waals surface area contributed by atoms with Gasteiger partial charge in [0, 0.05) is 37.6 Å². The van der Waals surface area contributed by atoms with E-state index in [1.807, 2.05) is 18.7 Å². The number of nitrogens with zero attached hydrogens (tertiary/aromatic N) is 3. The molecule has 0 saturated carbocycles. The number of benzene rings is 1. The molecule has 0 unspecified atom stereocenters. The highest BCUT2D eigenvalue weighted by Crippen LogP contribution is 2.29. The van der Waals surface area contributed by atoms with Gasteiger partial charge >= 0.3 is 0 Å². The van der Waals surface area contributed by atoms with Crippen molar-refractivity contribution in [1.29, 1.82) is 0 Å². The van der Waals surface area contributed by atoms with Crippen molar-refractivity contribution in [3.8, 4) is 5.75 Å². The summed E-state index contributed by atoms with van der Waals surface area (Å²) in [7, 11) is -1.92. The Balaban J connectivity index is 1.66. The molecule has 0 bridgehead atoms. The third-order valence-corrected chi connectivity index (χ3v) is 6.26. The second-order valence-corrected chi connectivity index (χ2v) is 9.72. The van der Waals surface area contributed by atoms with Crippen molar-refractivity contribution in [3.05, 3.63) is 35.5 Å². The summed E-state index contributed by atoms with van der Waals surface area (Å²) in [5, 5.41) is 4.07. The van der Waals surface area contributed by atoms with E-state index in [2.05, 4.69) is 10.1 Å². The number of methoxy groups -OCH3 is 1. The van der Waals surface area contributed by atoms with Crippen molar-refractivity contribution in [3.63, 3.8) is 0 Å². The molecular weight excluding hydrogens is 394 g/mol. The predicted octanol–water partition coefficient (Wildman–Crippen LogP) is 2.43. The second kappa shape index (κ2) is 8.52. The molecule has 9 heteroatoms. The number of carbonyl (C=O) groups excluding carboxylic acids is 1. The van der Waals surface area contributed by atoms with Gasteiger partial charge in [0.2, 0.25) is 11.8 Å². The number of rotatable bonds is 6. The molecular formula is C20H27N3O5S. The van der Waals surface area contributed by atoms with Crippen LogP contribution in [0.4, 0.5) is 0 Å². The highest BCUT2D eigenvalue weighted by Gasteiger charge is 2.28. The molecule has 0 radical (unpaired) electrons. The quantitative estimate of drug-likeness (QED) is 0.706. The largest absolute Gasteiger partial charge is 0.495 e. The van der Waals surface area contributed by atoms with E-state index in [9.17, 15) is 13.2 Å². The van der Waals surface area contributed by atoms with Gasteiger partial charge in [0.15, 0.2) is 15.7 Å². The SMILES string of the molecule is COc1cc(Cc2noc(C3CCN(C(=O)C(C)C)CC3)n2)ccc1S(C)(=O)=O. The van der Waals surface area contributed by atoms with Crippen molar-refractivity contribution in [1.82, 2.24) is 15.0 Å². The lowest BCUT2D eigenvalue weighted by atomic mass is 9.96. The average Bonchev–Trinajstić information content (AvgIpc) is 3.15. The van der Waals surface area contributed by atoms with Crippen LogP contribution in [-0.4, -0.2) is 55.8 Å². The van der Waals surface area contributed by atoms with Crippen LogP contribution in [0.1, 0.15) is 49.9 Å². The van der Waals surface area contributed by atoms with E-state index in [-0.39, 0.29) is 22.6 Å². The maximum absolute atomic E-state index is 12.1. The monoisotopic (exact) mass is 421 g/mol. The normalized spacial score (nSPS) is 15.7. The molecule has 0 spiro atoms. The van der Waals surface area contributed by atoms with Crippen LogP contribution in [0.3, 0.4) is 0 Å². The van der Waals surface area contributed by atoms with Crippen molar-refractivity contribution < 1.29 is 22.5 Å². The number of likely N-dealkylation sites (tertiary alicyclic amines) is 1. The van der Waals surface area contributed by atoms with Crippen molar-refractivity contribution >= 4 is 15.7 Å². The second-order valence-electron chi connectivity index (χ2n) is 7.74. The van der Waals surface area contributed by atoms with Gasteiger partial charge in [-0.2, -0.15) is 4.98 Å². The number of hydrogen-bond donors (Lipinski definition) is 0. The number of ether oxygens (including phenoxy) is 1. The Bertz CT molecular complexity index is 976. The number of piperidine rings is 1. The first kappa shape index (κ1) is 21.3. The molecule has 3 rings (SSSR count). The lowest BCUT2D eigenvalue weighted by Crippen LogP contribution is -2.40. The van der Waals surface area contributed by atoms with Gasteiger partial charge in [-0.25, -0.2) is 8.42 Å². The molecule has 2 aromatic rings. The van der Waals surface area contributed by atoms with Crippen LogP contribution in [0, 0.1) is 5.92 Å².